The second-order valence-electron chi connectivity index (χ2n) is 4.51. The zero-order chi connectivity index (χ0) is 12.1. The molecule has 0 fully saturated rings. The standard InChI is InChI=1S/C13H18BrNO/c1-9(2)7-10(3)15-13(16)11-5-4-6-12(14)8-11/h4-6,8-10H,7H2,1-3H3,(H,15,16). The minimum Gasteiger partial charge on any atom is -0.350 e. The van der Waals surface area contributed by atoms with Crippen molar-refractivity contribution < 1.29 is 4.79 Å². The van der Waals surface area contributed by atoms with Gasteiger partial charge in [-0.25, -0.2) is 0 Å². The van der Waals surface area contributed by atoms with Gasteiger partial charge < -0.3 is 5.32 Å². The third-order valence-corrected chi connectivity index (χ3v) is 2.78. The highest BCUT2D eigenvalue weighted by molar-refractivity contribution is 9.10. The van der Waals surface area contributed by atoms with E-state index in [2.05, 4.69) is 35.1 Å². The fourth-order valence-electron chi connectivity index (χ4n) is 1.70. The highest BCUT2D eigenvalue weighted by atomic mass is 79.9. The van der Waals surface area contributed by atoms with Crippen LogP contribution in [0.4, 0.5) is 0 Å². The van der Waals surface area contributed by atoms with Crippen molar-refractivity contribution in [2.24, 2.45) is 5.92 Å². The minimum atomic E-state index is -0.00514. The fourth-order valence-corrected chi connectivity index (χ4v) is 2.10. The molecule has 2 nitrogen and oxygen atoms in total. The van der Waals surface area contributed by atoms with Crippen molar-refractivity contribution in [3.8, 4) is 0 Å². The van der Waals surface area contributed by atoms with Gasteiger partial charge in [-0.05, 0) is 37.5 Å². The first kappa shape index (κ1) is 13.2. The lowest BCUT2D eigenvalue weighted by molar-refractivity contribution is 0.0936. The Bertz CT molecular complexity index is 363. The van der Waals surface area contributed by atoms with E-state index in [4.69, 9.17) is 0 Å². The molecule has 0 aliphatic heterocycles. The van der Waals surface area contributed by atoms with Gasteiger partial charge >= 0.3 is 0 Å². The van der Waals surface area contributed by atoms with E-state index in [9.17, 15) is 4.79 Å². The van der Waals surface area contributed by atoms with E-state index in [1.807, 2.05) is 31.2 Å². The number of rotatable bonds is 4. The Labute approximate surface area is 106 Å². The highest BCUT2D eigenvalue weighted by Gasteiger charge is 2.10. The van der Waals surface area contributed by atoms with Crippen molar-refractivity contribution in [3.63, 3.8) is 0 Å². The van der Waals surface area contributed by atoms with Crippen LogP contribution in [0.25, 0.3) is 0 Å². The van der Waals surface area contributed by atoms with Crippen LogP contribution in [0.3, 0.4) is 0 Å². The Balaban J connectivity index is 2.59. The number of amides is 1. The summed E-state index contributed by atoms with van der Waals surface area (Å²) in [7, 11) is 0. The van der Waals surface area contributed by atoms with E-state index in [0.717, 1.165) is 10.9 Å². The van der Waals surface area contributed by atoms with E-state index in [-0.39, 0.29) is 11.9 Å². The second kappa shape index (κ2) is 6.04. The average Bonchev–Trinajstić information content (AvgIpc) is 2.16. The van der Waals surface area contributed by atoms with Gasteiger partial charge in [0, 0.05) is 16.1 Å². The number of halogens is 1. The third-order valence-electron chi connectivity index (χ3n) is 2.29. The molecule has 16 heavy (non-hydrogen) atoms. The van der Waals surface area contributed by atoms with Crippen LogP contribution < -0.4 is 5.32 Å². The first-order valence-electron chi connectivity index (χ1n) is 5.55. The summed E-state index contributed by atoms with van der Waals surface area (Å²) in [5.74, 6) is 0.590. The van der Waals surface area contributed by atoms with Crippen molar-refractivity contribution in [3.05, 3.63) is 34.3 Å². The number of hydrogen-bond donors (Lipinski definition) is 1. The molecule has 1 aromatic rings. The quantitative estimate of drug-likeness (QED) is 0.899. The summed E-state index contributed by atoms with van der Waals surface area (Å²) in [6.07, 6.45) is 1.000. The molecule has 0 saturated carbocycles. The molecule has 1 N–H and O–H groups in total. The predicted octanol–water partition coefficient (Wildman–Crippen LogP) is 3.61. The maximum atomic E-state index is 11.9. The molecule has 1 amide bonds. The summed E-state index contributed by atoms with van der Waals surface area (Å²) >= 11 is 3.36. The lowest BCUT2D eigenvalue weighted by Crippen LogP contribution is -2.33. The summed E-state index contributed by atoms with van der Waals surface area (Å²) in [5.41, 5.74) is 0.699. The first-order chi connectivity index (χ1) is 7.49. The van der Waals surface area contributed by atoms with Gasteiger partial charge in [-0.15, -0.1) is 0 Å². The predicted molar refractivity (Wildman–Crippen MR) is 70.5 cm³/mol. The number of carbonyl (C=O) groups excluding carboxylic acids is 1. The summed E-state index contributed by atoms with van der Waals surface area (Å²) < 4.78 is 0.927. The first-order valence-corrected chi connectivity index (χ1v) is 6.34. The van der Waals surface area contributed by atoms with Crippen LogP contribution in [0.15, 0.2) is 28.7 Å². The molecule has 0 bridgehead atoms. The van der Waals surface area contributed by atoms with Crippen molar-refractivity contribution in [2.45, 2.75) is 33.2 Å². The maximum Gasteiger partial charge on any atom is 0.251 e. The van der Waals surface area contributed by atoms with Crippen molar-refractivity contribution in [1.82, 2.24) is 5.32 Å². The lowest BCUT2D eigenvalue weighted by Gasteiger charge is -2.15. The fraction of sp³-hybridized carbons (Fsp3) is 0.462. The molecule has 1 rings (SSSR count). The molecule has 0 aliphatic carbocycles. The van der Waals surface area contributed by atoms with E-state index < -0.39 is 0 Å². The van der Waals surface area contributed by atoms with Crippen molar-refractivity contribution in [1.29, 1.82) is 0 Å². The van der Waals surface area contributed by atoms with E-state index in [1.54, 1.807) is 0 Å². The molecule has 0 radical (unpaired) electrons. The third kappa shape index (κ3) is 4.35. The van der Waals surface area contributed by atoms with Crippen molar-refractivity contribution >= 4 is 21.8 Å². The molecule has 0 aliphatic rings. The van der Waals surface area contributed by atoms with Crippen LogP contribution in [0.5, 0.6) is 0 Å². The maximum absolute atomic E-state index is 11.9. The lowest BCUT2D eigenvalue weighted by atomic mass is 10.0. The van der Waals surface area contributed by atoms with Gasteiger partial charge in [0.15, 0.2) is 0 Å². The topological polar surface area (TPSA) is 29.1 Å². The van der Waals surface area contributed by atoms with E-state index in [1.165, 1.54) is 0 Å². The molecule has 0 aromatic heterocycles. The molecule has 1 unspecified atom stereocenters. The largest absolute Gasteiger partial charge is 0.350 e. The monoisotopic (exact) mass is 283 g/mol. The van der Waals surface area contributed by atoms with Gasteiger partial charge in [-0.2, -0.15) is 0 Å². The van der Waals surface area contributed by atoms with Gasteiger partial charge in [0.1, 0.15) is 0 Å². The molecular weight excluding hydrogens is 266 g/mol. The summed E-state index contributed by atoms with van der Waals surface area (Å²) in [4.78, 5) is 11.9. The van der Waals surface area contributed by atoms with Gasteiger partial charge in [0.25, 0.3) is 5.91 Å². The smallest absolute Gasteiger partial charge is 0.251 e. The number of nitrogens with one attached hydrogen (secondary N) is 1. The minimum absolute atomic E-state index is 0.00514. The highest BCUT2D eigenvalue weighted by Crippen LogP contribution is 2.12. The van der Waals surface area contributed by atoms with Crippen LogP contribution in [0, 0.1) is 5.92 Å². The number of benzene rings is 1. The van der Waals surface area contributed by atoms with Crippen LogP contribution in [-0.2, 0) is 0 Å². The van der Waals surface area contributed by atoms with E-state index >= 15 is 0 Å². The molecule has 88 valence electrons. The molecule has 0 spiro atoms. The van der Waals surface area contributed by atoms with Crippen LogP contribution in [0.2, 0.25) is 0 Å². The molecule has 0 heterocycles. The molecule has 1 aromatic carbocycles. The Morgan fingerprint density at radius 3 is 2.62 bits per heavy atom. The van der Waals surface area contributed by atoms with Crippen molar-refractivity contribution in [2.75, 3.05) is 0 Å². The number of hydrogen-bond acceptors (Lipinski definition) is 1. The summed E-state index contributed by atoms with van der Waals surface area (Å²) in [6, 6.07) is 7.64. The van der Waals surface area contributed by atoms with Gasteiger partial charge in [-0.1, -0.05) is 35.8 Å². The van der Waals surface area contributed by atoms with Crippen LogP contribution in [-0.4, -0.2) is 11.9 Å². The molecular formula is C13H18BrNO. The van der Waals surface area contributed by atoms with Crippen LogP contribution >= 0.6 is 15.9 Å². The molecule has 0 saturated heterocycles. The van der Waals surface area contributed by atoms with Crippen LogP contribution in [0.1, 0.15) is 37.6 Å². The Morgan fingerprint density at radius 1 is 1.38 bits per heavy atom. The summed E-state index contributed by atoms with van der Waals surface area (Å²) in [6.45, 7) is 6.35. The Kier molecular flexibility index (Phi) is 5.00. The zero-order valence-electron chi connectivity index (χ0n) is 9.96. The molecule has 3 heteroatoms. The Morgan fingerprint density at radius 2 is 2.06 bits per heavy atom. The van der Waals surface area contributed by atoms with Gasteiger partial charge in [0.2, 0.25) is 0 Å². The Hall–Kier alpha value is -0.830. The molecule has 1 atom stereocenters. The SMILES string of the molecule is CC(C)CC(C)NC(=O)c1cccc(Br)c1. The normalized spacial score (nSPS) is 12.6. The average molecular weight is 284 g/mol. The summed E-state index contributed by atoms with van der Waals surface area (Å²) in [5, 5.41) is 2.99. The van der Waals surface area contributed by atoms with Gasteiger partial charge in [-0.3, -0.25) is 4.79 Å². The number of carbonyl (C=O) groups is 1. The second-order valence-corrected chi connectivity index (χ2v) is 5.43. The van der Waals surface area contributed by atoms with E-state index in [0.29, 0.717) is 11.5 Å². The zero-order valence-corrected chi connectivity index (χ0v) is 11.5. The van der Waals surface area contributed by atoms with Gasteiger partial charge in [0.05, 0.1) is 0 Å².